The summed E-state index contributed by atoms with van der Waals surface area (Å²) < 4.78 is 5.84. The van der Waals surface area contributed by atoms with E-state index in [1.54, 1.807) is 20.3 Å². The number of piperidine rings is 1. The van der Waals surface area contributed by atoms with Crippen LogP contribution in [0.25, 0.3) is 23.0 Å². The Morgan fingerprint density at radius 2 is 2.03 bits per heavy atom. The molecule has 1 aromatic carbocycles. The first-order valence-electron chi connectivity index (χ1n) is 10.7. The molecule has 3 atom stereocenters. The number of aliphatic hydroxyl groups is 1. The molecule has 1 saturated carbocycles. The number of rotatable bonds is 6. The Morgan fingerprint density at radius 1 is 1.30 bits per heavy atom. The van der Waals surface area contributed by atoms with Gasteiger partial charge in [0.05, 0.1) is 17.7 Å². The first-order chi connectivity index (χ1) is 15.8. The first-order valence-corrected chi connectivity index (χ1v) is 10.7. The standard InChI is InChI=1S/C22H26N8O3/c1-24-8-12-4-6-13(7-5-12)19-27-28-20(33-19)17-18(23)25-9-15(26-17)30-10-14-16(21(31)29(2)3)22(14,32)11-30/h4-7,9,14,16,24,32H,8,10-11H2,1-3H3,(H2,23,25). The van der Waals surface area contributed by atoms with E-state index in [9.17, 15) is 9.90 Å². The van der Waals surface area contributed by atoms with Crippen LogP contribution in [0.1, 0.15) is 5.56 Å². The Morgan fingerprint density at radius 3 is 2.67 bits per heavy atom. The Balaban J connectivity index is 1.35. The number of amides is 1. The lowest BCUT2D eigenvalue weighted by Gasteiger charge is -2.23. The highest BCUT2D eigenvalue weighted by molar-refractivity contribution is 5.85. The van der Waals surface area contributed by atoms with Gasteiger partial charge >= 0.3 is 0 Å². The molecular weight excluding hydrogens is 424 g/mol. The van der Waals surface area contributed by atoms with Gasteiger partial charge in [0, 0.05) is 45.2 Å². The molecule has 1 aliphatic carbocycles. The fourth-order valence-electron chi connectivity index (χ4n) is 4.53. The van der Waals surface area contributed by atoms with Crippen molar-refractivity contribution in [3.63, 3.8) is 0 Å². The van der Waals surface area contributed by atoms with E-state index < -0.39 is 5.60 Å². The molecule has 0 radical (unpaired) electrons. The summed E-state index contributed by atoms with van der Waals surface area (Å²) in [6, 6.07) is 7.81. The topological polar surface area (TPSA) is 147 Å². The van der Waals surface area contributed by atoms with Crippen LogP contribution in [0.3, 0.4) is 0 Å². The van der Waals surface area contributed by atoms with E-state index in [1.807, 2.05) is 36.2 Å². The summed E-state index contributed by atoms with van der Waals surface area (Å²) in [6.07, 6.45) is 1.55. The van der Waals surface area contributed by atoms with Crippen LogP contribution in [-0.4, -0.2) is 75.9 Å². The van der Waals surface area contributed by atoms with E-state index in [2.05, 4.69) is 25.5 Å². The fraction of sp³-hybridized carbons (Fsp3) is 0.409. The average molecular weight is 451 g/mol. The van der Waals surface area contributed by atoms with Crippen molar-refractivity contribution in [2.45, 2.75) is 12.1 Å². The van der Waals surface area contributed by atoms with Gasteiger partial charge in [0.1, 0.15) is 5.82 Å². The van der Waals surface area contributed by atoms with Crippen molar-refractivity contribution in [1.29, 1.82) is 0 Å². The normalized spacial score (nSPS) is 23.5. The van der Waals surface area contributed by atoms with Gasteiger partial charge in [-0.1, -0.05) is 12.1 Å². The predicted octanol–water partition coefficient (Wildman–Crippen LogP) is 0.381. The molecule has 2 aromatic heterocycles. The lowest BCUT2D eigenvalue weighted by molar-refractivity contribution is -0.131. The third kappa shape index (κ3) is 3.58. The van der Waals surface area contributed by atoms with Crippen LogP contribution < -0.4 is 16.0 Å². The minimum Gasteiger partial charge on any atom is -0.414 e. The molecule has 0 spiro atoms. The van der Waals surface area contributed by atoms with Crippen molar-refractivity contribution in [2.24, 2.45) is 11.8 Å². The molecule has 5 rings (SSSR count). The van der Waals surface area contributed by atoms with Gasteiger partial charge in [-0.3, -0.25) is 4.79 Å². The molecule has 0 bridgehead atoms. The van der Waals surface area contributed by atoms with E-state index in [0.717, 1.165) is 17.7 Å². The van der Waals surface area contributed by atoms with Crippen LogP contribution in [0.4, 0.5) is 11.6 Å². The molecule has 3 unspecified atom stereocenters. The maximum Gasteiger partial charge on any atom is 0.270 e. The average Bonchev–Trinajstić information content (AvgIpc) is 3.14. The number of anilines is 2. The van der Waals surface area contributed by atoms with Crippen molar-refractivity contribution in [3.05, 3.63) is 36.0 Å². The number of nitrogens with zero attached hydrogens (tertiary/aromatic N) is 6. The molecule has 4 N–H and O–H groups in total. The third-order valence-electron chi connectivity index (χ3n) is 6.36. The van der Waals surface area contributed by atoms with Gasteiger partial charge in [-0.15, -0.1) is 10.2 Å². The Hall–Kier alpha value is -3.57. The minimum atomic E-state index is -1.04. The number of fused-ring (bicyclic) bond motifs is 1. The van der Waals surface area contributed by atoms with Crippen molar-refractivity contribution < 1.29 is 14.3 Å². The maximum atomic E-state index is 12.3. The molecule has 33 heavy (non-hydrogen) atoms. The molecule has 3 aromatic rings. The van der Waals surface area contributed by atoms with Gasteiger partial charge in [0.2, 0.25) is 11.8 Å². The number of β-amino-alcohol motifs (C(OH)–C–C–N with tert-alkyl or cyclic N) is 1. The Labute approximate surface area is 190 Å². The number of nitrogens with two attached hydrogens (primary N) is 1. The second kappa shape index (κ2) is 7.78. The van der Waals surface area contributed by atoms with Crippen LogP contribution in [0.15, 0.2) is 34.9 Å². The quantitative estimate of drug-likeness (QED) is 0.481. The fourth-order valence-corrected chi connectivity index (χ4v) is 4.53. The molecule has 1 amide bonds. The summed E-state index contributed by atoms with van der Waals surface area (Å²) in [4.78, 5) is 24.5. The molecular formula is C22H26N8O3. The van der Waals surface area contributed by atoms with Crippen LogP contribution in [0, 0.1) is 11.8 Å². The van der Waals surface area contributed by atoms with Crippen molar-refractivity contribution in [3.8, 4) is 23.0 Å². The second-order valence-corrected chi connectivity index (χ2v) is 8.79. The van der Waals surface area contributed by atoms with Crippen LogP contribution in [0.2, 0.25) is 0 Å². The van der Waals surface area contributed by atoms with Crippen molar-refractivity contribution >= 4 is 17.5 Å². The summed E-state index contributed by atoms with van der Waals surface area (Å²) >= 11 is 0. The van der Waals surface area contributed by atoms with E-state index in [0.29, 0.717) is 24.8 Å². The second-order valence-electron chi connectivity index (χ2n) is 8.79. The lowest BCUT2D eigenvalue weighted by atomic mass is 10.1. The minimum absolute atomic E-state index is 0.0522. The van der Waals surface area contributed by atoms with Gasteiger partial charge in [-0.25, -0.2) is 9.97 Å². The maximum absolute atomic E-state index is 12.3. The van der Waals surface area contributed by atoms with Gasteiger partial charge in [0.25, 0.3) is 5.89 Å². The highest BCUT2D eigenvalue weighted by Gasteiger charge is 2.72. The number of nitrogen functional groups attached to an aromatic ring is 1. The predicted molar refractivity (Wildman–Crippen MR) is 121 cm³/mol. The molecule has 172 valence electrons. The molecule has 1 saturated heterocycles. The monoisotopic (exact) mass is 450 g/mol. The summed E-state index contributed by atoms with van der Waals surface area (Å²) in [5.74, 6) is 0.672. The third-order valence-corrected chi connectivity index (χ3v) is 6.36. The summed E-state index contributed by atoms with van der Waals surface area (Å²) in [5, 5.41) is 22.2. The van der Waals surface area contributed by atoms with E-state index in [4.69, 9.17) is 10.2 Å². The molecule has 11 heteroatoms. The number of aromatic nitrogens is 4. The smallest absolute Gasteiger partial charge is 0.270 e. The summed E-state index contributed by atoms with van der Waals surface area (Å²) in [7, 11) is 5.29. The van der Waals surface area contributed by atoms with E-state index in [1.165, 1.54) is 4.90 Å². The van der Waals surface area contributed by atoms with Crippen molar-refractivity contribution in [2.75, 3.05) is 44.9 Å². The van der Waals surface area contributed by atoms with E-state index >= 15 is 0 Å². The highest BCUT2D eigenvalue weighted by Crippen LogP contribution is 2.56. The number of hydrogen-bond donors (Lipinski definition) is 3. The van der Waals surface area contributed by atoms with Gasteiger partial charge in [-0.2, -0.15) is 0 Å². The number of hydrogen-bond acceptors (Lipinski definition) is 10. The lowest BCUT2D eigenvalue weighted by Crippen LogP contribution is -2.36. The van der Waals surface area contributed by atoms with Gasteiger partial charge in [0.15, 0.2) is 11.5 Å². The number of benzene rings is 1. The van der Waals surface area contributed by atoms with Crippen LogP contribution in [0.5, 0.6) is 0 Å². The SMILES string of the molecule is CNCc1ccc(-c2nnc(-c3nc(N4CC5C(C(=O)N(C)C)C5(O)C4)cnc3N)o2)cc1. The highest BCUT2D eigenvalue weighted by atomic mass is 16.4. The number of nitrogens with one attached hydrogen (secondary N) is 1. The Bertz CT molecular complexity index is 1190. The molecule has 3 heterocycles. The van der Waals surface area contributed by atoms with E-state index in [-0.39, 0.29) is 35.1 Å². The largest absolute Gasteiger partial charge is 0.414 e. The summed E-state index contributed by atoms with van der Waals surface area (Å²) in [6.45, 7) is 1.58. The van der Waals surface area contributed by atoms with Crippen molar-refractivity contribution in [1.82, 2.24) is 30.4 Å². The molecule has 2 fully saturated rings. The van der Waals surface area contributed by atoms with Crippen LogP contribution in [-0.2, 0) is 11.3 Å². The Kier molecular flexibility index (Phi) is 5.02. The molecule has 2 aliphatic rings. The molecule has 11 nitrogen and oxygen atoms in total. The molecule has 1 aliphatic heterocycles. The summed E-state index contributed by atoms with van der Waals surface area (Å²) in [5.41, 5.74) is 7.22. The zero-order valence-electron chi connectivity index (χ0n) is 18.7. The first kappa shape index (κ1) is 21.3. The van der Waals surface area contributed by atoms with Gasteiger partial charge < -0.3 is 30.4 Å². The zero-order valence-corrected chi connectivity index (χ0v) is 18.7. The zero-order chi connectivity index (χ0) is 23.3. The number of carbonyl (C=O) groups is 1. The van der Waals surface area contributed by atoms with Crippen LogP contribution >= 0.6 is 0 Å². The van der Waals surface area contributed by atoms with Gasteiger partial charge in [-0.05, 0) is 24.7 Å². The number of carbonyl (C=O) groups excluding carboxylic acids is 1.